The molecule has 20 heavy (non-hydrogen) atoms. The molecule has 1 atom stereocenters. The van der Waals surface area contributed by atoms with Crippen LogP contribution in [-0.2, 0) is 19.9 Å². The van der Waals surface area contributed by atoms with E-state index >= 15 is 0 Å². The lowest BCUT2D eigenvalue weighted by molar-refractivity contribution is 0.232. The monoisotopic (exact) mass is 319 g/mol. The fourth-order valence-electron chi connectivity index (χ4n) is 2.33. The first-order chi connectivity index (χ1) is 9.37. The van der Waals surface area contributed by atoms with Gasteiger partial charge in [0.1, 0.15) is 0 Å². The van der Waals surface area contributed by atoms with Crippen molar-refractivity contribution in [2.24, 2.45) is 0 Å². The van der Waals surface area contributed by atoms with Crippen molar-refractivity contribution in [2.75, 3.05) is 24.7 Å². The first kappa shape index (κ1) is 15.4. The Hall–Kier alpha value is -0.960. The zero-order valence-corrected chi connectivity index (χ0v) is 12.5. The highest BCUT2D eigenvalue weighted by molar-refractivity contribution is 7.92. The molecule has 1 aliphatic rings. The van der Waals surface area contributed by atoms with E-state index in [1.54, 1.807) is 18.2 Å². The Morgan fingerprint density at radius 2 is 1.90 bits per heavy atom. The van der Waals surface area contributed by atoms with Gasteiger partial charge in [0.15, 0.2) is 9.84 Å². The van der Waals surface area contributed by atoms with Crippen molar-refractivity contribution in [3.63, 3.8) is 0 Å². The Bertz CT molecular complexity index is 654. The highest BCUT2D eigenvalue weighted by atomic mass is 32.2. The van der Waals surface area contributed by atoms with Crippen molar-refractivity contribution in [2.45, 2.75) is 17.4 Å². The van der Waals surface area contributed by atoms with Gasteiger partial charge < -0.3 is 5.11 Å². The summed E-state index contributed by atoms with van der Waals surface area (Å²) < 4.78 is 49.2. The number of nitrogens with zero attached hydrogens (tertiary/aromatic N) is 1. The number of sulfonamides is 1. The van der Waals surface area contributed by atoms with Gasteiger partial charge in [0, 0.05) is 12.6 Å². The number of hydrogen-bond donors (Lipinski definition) is 1. The van der Waals surface area contributed by atoms with Gasteiger partial charge in [-0.2, -0.15) is 4.31 Å². The fraction of sp³-hybridized carbons (Fsp3) is 0.500. The molecule has 0 aromatic heterocycles. The summed E-state index contributed by atoms with van der Waals surface area (Å²) in [4.78, 5) is 0.109. The maximum absolute atomic E-state index is 12.5. The molecule has 112 valence electrons. The lowest BCUT2D eigenvalue weighted by atomic mass is 10.3. The number of aliphatic hydroxyl groups excluding tert-OH is 1. The van der Waals surface area contributed by atoms with Gasteiger partial charge in [-0.3, -0.25) is 0 Å². The van der Waals surface area contributed by atoms with E-state index in [-0.39, 0.29) is 36.0 Å². The van der Waals surface area contributed by atoms with Gasteiger partial charge in [-0.25, -0.2) is 16.8 Å². The van der Waals surface area contributed by atoms with Crippen LogP contribution in [-0.4, -0.2) is 56.9 Å². The first-order valence-electron chi connectivity index (χ1n) is 6.25. The lowest BCUT2D eigenvalue weighted by Crippen LogP contribution is -2.42. The summed E-state index contributed by atoms with van der Waals surface area (Å²) in [5.74, 6) is -0.191. The van der Waals surface area contributed by atoms with Crippen LogP contribution in [0.2, 0.25) is 0 Å². The number of aliphatic hydroxyl groups is 1. The van der Waals surface area contributed by atoms with Crippen molar-refractivity contribution in [3.8, 4) is 0 Å². The third-order valence-corrected chi connectivity index (χ3v) is 7.00. The molecule has 1 aromatic rings. The van der Waals surface area contributed by atoms with Gasteiger partial charge in [0.2, 0.25) is 10.0 Å². The fourth-order valence-corrected chi connectivity index (χ4v) is 5.82. The van der Waals surface area contributed by atoms with E-state index in [0.29, 0.717) is 0 Å². The summed E-state index contributed by atoms with van der Waals surface area (Å²) in [6.45, 7) is -0.444. The van der Waals surface area contributed by atoms with Crippen molar-refractivity contribution in [1.29, 1.82) is 0 Å². The molecule has 1 aliphatic heterocycles. The summed E-state index contributed by atoms with van der Waals surface area (Å²) in [7, 11) is -6.98. The second-order valence-electron chi connectivity index (χ2n) is 4.71. The van der Waals surface area contributed by atoms with Gasteiger partial charge in [0.05, 0.1) is 23.0 Å². The summed E-state index contributed by atoms with van der Waals surface area (Å²) in [5, 5.41) is 9.08. The van der Waals surface area contributed by atoms with Crippen molar-refractivity contribution in [3.05, 3.63) is 30.3 Å². The second kappa shape index (κ2) is 5.80. The maximum atomic E-state index is 12.5. The molecule has 1 heterocycles. The highest BCUT2D eigenvalue weighted by Crippen LogP contribution is 2.24. The molecule has 6 nitrogen and oxygen atoms in total. The molecule has 0 spiro atoms. The highest BCUT2D eigenvalue weighted by Gasteiger charge is 2.38. The normalized spacial score (nSPS) is 22.2. The van der Waals surface area contributed by atoms with Gasteiger partial charge in [-0.05, 0) is 18.6 Å². The largest absolute Gasteiger partial charge is 0.395 e. The predicted octanol–water partition coefficient (Wildman–Crippen LogP) is -0.143. The second-order valence-corrected chi connectivity index (χ2v) is 8.83. The molecule has 1 saturated heterocycles. The van der Waals surface area contributed by atoms with E-state index in [9.17, 15) is 16.8 Å². The third-order valence-electron chi connectivity index (χ3n) is 3.29. The van der Waals surface area contributed by atoms with Gasteiger partial charge in [0.25, 0.3) is 0 Å². The van der Waals surface area contributed by atoms with Crippen LogP contribution in [0.3, 0.4) is 0 Å². The zero-order valence-electron chi connectivity index (χ0n) is 10.8. The van der Waals surface area contributed by atoms with E-state index in [0.717, 1.165) is 4.31 Å². The van der Waals surface area contributed by atoms with Crippen molar-refractivity contribution in [1.82, 2.24) is 4.31 Å². The Morgan fingerprint density at radius 1 is 1.25 bits per heavy atom. The van der Waals surface area contributed by atoms with Gasteiger partial charge >= 0.3 is 0 Å². The molecular weight excluding hydrogens is 302 g/mol. The van der Waals surface area contributed by atoms with E-state index in [1.807, 2.05) is 0 Å². The summed E-state index contributed by atoms with van der Waals surface area (Å²) >= 11 is 0. The average Bonchev–Trinajstić information content (AvgIpc) is 2.77. The molecular formula is C12H17NO5S2. The average molecular weight is 319 g/mol. The molecule has 0 saturated carbocycles. The number of benzene rings is 1. The summed E-state index contributed by atoms with van der Waals surface area (Å²) in [5.41, 5.74) is 0. The van der Waals surface area contributed by atoms with Crippen LogP contribution in [0, 0.1) is 0 Å². The van der Waals surface area contributed by atoms with Gasteiger partial charge in [-0.1, -0.05) is 18.2 Å². The maximum Gasteiger partial charge on any atom is 0.243 e. The summed E-state index contributed by atoms with van der Waals surface area (Å²) in [6, 6.07) is 7.24. The number of rotatable bonds is 5. The first-order valence-corrected chi connectivity index (χ1v) is 9.51. The molecule has 8 heteroatoms. The van der Waals surface area contributed by atoms with Crippen LogP contribution in [0.15, 0.2) is 35.2 Å². The van der Waals surface area contributed by atoms with Crippen LogP contribution in [0.1, 0.15) is 6.42 Å². The summed E-state index contributed by atoms with van der Waals surface area (Å²) in [6.07, 6.45) is 0.272. The molecule has 1 aromatic carbocycles. The SMILES string of the molecule is O=S1(=O)CC[C@@H](N(CCO)S(=O)(=O)c2ccccc2)C1. The number of hydrogen-bond acceptors (Lipinski definition) is 5. The van der Waals surface area contributed by atoms with Crippen LogP contribution in [0.5, 0.6) is 0 Å². The van der Waals surface area contributed by atoms with Crippen LogP contribution in [0.25, 0.3) is 0 Å². The van der Waals surface area contributed by atoms with E-state index < -0.39 is 25.9 Å². The predicted molar refractivity (Wildman–Crippen MR) is 74.5 cm³/mol. The molecule has 1 fully saturated rings. The zero-order chi connectivity index (χ0) is 14.8. The molecule has 0 aliphatic carbocycles. The molecule has 2 rings (SSSR count). The van der Waals surface area contributed by atoms with Crippen LogP contribution >= 0.6 is 0 Å². The Morgan fingerprint density at radius 3 is 2.40 bits per heavy atom. The minimum atomic E-state index is -3.79. The van der Waals surface area contributed by atoms with Gasteiger partial charge in [-0.15, -0.1) is 0 Å². The minimum Gasteiger partial charge on any atom is -0.395 e. The smallest absolute Gasteiger partial charge is 0.243 e. The van der Waals surface area contributed by atoms with E-state index in [1.165, 1.54) is 12.1 Å². The quantitative estimate of drug-likeness (QED) is 0.815. The minimum absolute atomic E-state index is 0.0100. The third kappa shape index (κ3) is 3.20. The van der Waals surface area contributed by atoms with E-state index in [4.69, 9.17) is 5.11 Å². The van der Waals surface area contributed by atoms with Crippen molar-refractivity contribution < 1.29 is 21.9 Å². The standard InChI is InChI=1S/C12H17NO5S2/c14-8-7-13(11-6-9-19(15,16)10-11)20(17,18)12-4-2-1-3-5-12/h1-5,11,14H,6-10H2/t11-/m1/s1. The van der Waals surface area contributed by atoms with Crippen LogP contribution in [0.4, 0.5) is 0 Å². The molecule has 0 bridgehead atoms. The van der Waals surface area contributed by atoms with Crippen molar-refractivity contribution >= 4 is 19.9 Å². The molecule has 0 radical (unpaired) electrons. The topological polar surface area (TPSA) is 91.8 Å². The molecule has 1 N–H and O–H groups in total. The lowest BCUT2D eigenvalue weighted by Gasteiger charge is -2.26. The van der Waals surface area contributed by atoms with E-state index in [2.05, 4.69) is 0 Å². The van der Waals surface area contributed by atoms with Crippen LogP contribution < -0.4 is 0 Å². The Balaban J connectivity index is 2.34. The Labute approximate surface area is 119 Å². The Kier molecular flexibility index (Phi) is 4.48. The number of sulfone groups is 1. The molecule has 0 unspecified atom stereocenters. The molecule has 0 amide bonds.